The molecule has 0 saturated carbocycles. The van der Waals surface area contributed by atoms with Crippen molar-refractivity contribution in [2.24, 2.45) is 5.92 Å². The van der Waals surface area contributed by atoms with Gasteiger partial charge in [-0.3, -0.25) is 4.79 Å². The van der Waals surface area contributed by atoms with E-state index in [0.717, 1.165) is 24.3 Å². The minimum atomic E-state index is -0.164. The van der Waals surface area contributed by atoms with E-state index in [1.54, 1.807) is 24.3 Å². The summed E-state index contributed by atoms with van der Waals surface area (Å²) < 4.78 is 0. The molecule has 1 amide bonds. The van der Waals surface area contributed by atoms with Gasteiger partial charge in [-0.2, -0.15) is 0 Å². The number of halogens is 1. The summed E-state index contributed by atoms with van der Waals surface area (Å²) in [5.41, 5.74) is 2.37. The van der Waals surface area contributed by atoms with E-state index in [1.807, 2.05) is 24.3 Å². The highest BCUT2D eigenvalue weighted by Crippen LogP contribution is 2.16. The van der Waals surface area contributed by atoms with Gasteiger partial charge in [0.05, 0.1) is 0 Å². The van der Waals surface area contributed by atoms with Gasteiger partial charge in [0, 0.05) is 28.5 Å². The van der Waals surface area contributed by atoms with Crippen molar-refractivity contribution in [2.75, 3.05) is 17.2 Å². The van der Waals surface area contributed by atoms with Crippen molar-refractivity contribution in [2.45, 2.75) is 20.3 Å². The molecule has 2 aromatic rings. The maximum atomic E-state index is 12.1. The summed E-state index contributed by atoms with van der Waals surface area (Å²) in [7, 11) is 0. The Kier molecular flexibility index (Phi) is 5.84. The highest BCUT2D eigenvalue weighted by atomic mass is 35.5. The Hall–Kier alpha value is -2.00. The lowest BCUT2D eigenvalue weighted by Crippen LogP contribution is -2.11. The molecule has 4 heteroatoms. The smallest absolute Gasteiger partial charge is 0.255 e. The van der Waals surface area contributed by atoms with E-state index in [4.69, 9.17) is 11.6 Å². The number of benzene rings is 2. The Labute approximate surface area is 136 Å². The molecule has 0 aliphatic rings. The second-order valence-electron chi connectivity index (χ2n) is 5.65. The zero-order chi connectivity index (χ0) is 15.9. The number of hydrogen-bond acceptors (Lipinski definition) is 2. The monoisotopic (exact) mass is 316 g/mol. The van der Waals surface area contributed by atoms with E-state index in [2.05, 4.69) is 24.5 Å². The lowest BCUT2D eigenvalue weighted by Gasteiger charge is -2.10. The second-order valence-corrected chi connectivity index (χ2v) is 6.09. The standard InChI is InChI=1S/C18H21ClN2O/c1-13(2)10-11-20-16-6-8-17(9-7-16)21-18(22)14-4-3-5-15(19)12-14/h3-9,12-13,20H,10-11H2,1-2H3,(H,21,22). The van der Waals surface area contributed by atoms with E-state index in [-0.39, 0.29) is 5.91 Å². The second kappa shape index (κ2) is 7.85. The van der Waals surface area contributed by atoms with E-state index in [1.165, 1.54) is 0 Å². The molecule has 0 spiro atoms. The number of carbonyl (C=O) groups excluding carboxylic acids is 1. The minimum absolute atomic E-state index is 0.164. The molecule has 3 nitrogen and oxygen atoms in total. The first kappa shape index (κ1) is 16.4. The van der Waals surface area contributed by atoms with E-state index >= 15 is 0 Å². The Morgan fingerprint density at radius 3 is 2.41 bits per heavy atom. The molecular formula is C18H21ClN2O. The third-order valence-electron chi connectivity index (χ3n) is 3.28. The molecule has 2 N–H and O–H groups in total. The number of rotatable bonds is 6. The van der Waals surface area contributed by atoms with Crippen molar-refractivity contribution in [1.29, 1.82) is 0 Å². The number of carbonyl (C=O) groups is 1. The van der Waals surface area contributed by atoms with Crippen LogP contribution >= 0.6 is 11.6 Å². The summed E-state index contributed by atoms with van der Waals surface area (Å²) in [6.07, 6.45) is 1.13. The lowest BCUT2D eigenvalue weighted by molar-refractivity contribution is 0.102. The molecule has 2 rings (SSSR count). The third-order valence-corrected chi connectivity index (χ3v) is 3.52. The minimum Gasteiger partial charge on any atom is -0.385 e. The molecule has 0 bridgehead atoms. The number of nitrogens with one attached hydrogen (secondary N) is 2. The number of hydrogen-bond donors (Lipinski definition) is 2. The van der Waals surface area contributed by atoms with Gasteiger partial charge in [0.1, 0.15) is 0 Å². The maximum Gasteiger partial charge on any atom is 0.255 e. The van der Waals surface area contributed by atoms with Gasteiger partial charge in [0.25, 0.3) is 5.91 Å². The summed E-state index contributed by atoms with van der Waals surface area (Å²) in [6.45, 7) is 5.36. The van der Waals surface area contributed by atoms with Crippen molar-refractivity contribution in [3.63, 3.8) is 0 Å². The average Bonchev–Trinajstić information content (AvgIpc) is 2.48. The van der Waals surface area contributed by atoms with E-state index in [0.29, 0.717) is 16.5 Å². The summed E-state index contributed by atoms with van der Waals surface area (Å²) in [6, 6.07) is 14.6. The van der Waals surface area contributed by atoms with E-state index < -0.39 is 0 Å². The molecule has 2 aromatic carbocycles. The van der Waals surface area contributed by atoms with Crippen LogP contribution in [0, 0.1) is 5.92 Å². The molecule has 0 aliphatic carbocycles. The topological polar surface area (TPSA) is 41.1 Å². The van der Waals surface area contributed by atoms with Crippen LogP contribution in [0.1, 0.15) is 30.6 Å². The Morgan fingerprint density at radius 2 is 1.77 bits per heavy atom. The highest BCUT2D eigenvalue weighted by Gasteiger charge is 2.06. The zero-order valence-electron chi connectivity index (χ0n) is 12.9. The molecule has 116 valence electrons. The summed E-state index contributed by atoms with van der Waals surface area (Å²) in [4.78, 5) is 12.1. The molecule has 0 heterocycles. The van der Waals surface area contributed by atoms with Crippen molar-refractivity contribution < 1.29 is 4.79 Å². The van der Waals surface area contributed by atoms with Crippen LogP contribution in [0.25, 0.3) is 0 Å². The molecule has 0 radical (unpaired) electrons. The zero-order valence-corrected chi connectivity index (χ0v) is 13.7. The summed E-state index contributed by atoms with van der Waals surface area (Å²) in [5, 5.41) is 6.78. The first-order chi connectivity index (χ1) is 10.5. The first-order valence-electron chi connectivity index (χ1n) is 7.45. The molecule has 0 aromatic heterocycles. The van der Waals surface area contributed by atoms with Crippen LogP contribution in [0.4, 0.5) is 11.4 Å². The Morgan fingerprint density at radius 1 is 1.09 bits per heavy atom. The van der Waals surface area contributed by atoms with Crippen molar-refractivity contribution in [3.8, 4) is 0 Å². The first-order valence-corrected chi connectivity index (χ1v) is 7.83. The fourth-order valence-electron chi connectivity index (χ4n) is 2.01. The fourth-order valence-corrected chi connectivity index (χ4v) is 2.20. The van der Waals surface area contributed by atoms with Crippen LogP contribution in [0.3, 0.4) is 0 Å². The average molecular weight is 317 g/mol. The van der Waals surface area contributed by atoms with Crippen LogP contribution in [0.15, 0.2) is 48.5 Å². The van der Waals surface area contributed by atoms with Gasteiger partial charge < -0.3 is 10.6 Å². The van der Waals surface area contributed by atoms with Crippen molar-refractivity contribution in [1.82, 2.24) is 0 Å². The van der Waals surface area contributed by atoms with E-state index in [9.17, 15) is 4.79 Å². The van der Waals surface area contributed by atoms with Crippen molar-refractivity contribution >= 4 is 28.9 Å². The van der Waals surface area contributed by atoms with Crippen molar-refractivity contribution in [3.05, 3.63) is 59.1 Å². The number of amides is 1. The molecule has 0 fully saturated rings. The van der Waals surface area contributed by atoms with Gasteiger partial charge >= 0.3 is 0 Å². The lowest BCUT2D eigenvalue weighted by atomic mass is 10.1. The van der Waals surface area contributed by atoms with Gasteiger partial charge in [-0.15, -0.1) is 0 Å². The Bertz CT molecular complexity index is 623. The molecule has 0 saturated heterocycles. The van der Waals surface area contributed by atoms with Crippen LogP contribution < -0.4 is 10.6 Å². The highest BCUT2D eigenvalue weighted by molar-refractivity contribution is 6.31. The molecule has 0 aliphatic heterocycles. The van der Waals surface area contributed by atoms with Gasteiger partial charge in [0.15, 0.2) is 0 Å². The Balaban J connectivity index is 1.92. The maximum absolute atomic E-state index is 12.1. The summed E-state index contributed by atoms with van der Waals surface area (Å²) >= 11 is 5.90. The SMILES string of the molecule is CC(C)CCNc1ccc(NC(=O)c2cccc(Cl)c2)cc1. The predicted octanol–water partition coefficient (Wildman–Crippen LogP) is 5.05. The van der Waals surface area contributed by atoms with Gasteiger partial charge in [0.2, 0.25) is 0 Å². The largest absolute Gasteiger partial charge is 0.385 e. The molecular weight excluding hydrogens is 296 g/mol. The van der Waals surface area contributed by atoms with Crippen LogP contribution in [-0.4, -0.2) is 12.5 Å². The third kappa shape index (κ3) is 5.08. The number of anilines is 2. The van der Waals surface area contributed by atoms with Gasteiger partial charge in [-0.25, -0.2) is 0 Å². The van der Waals surface area contributed by atoms with Gasteiger partial charge in [-0.1, -0.05) is 31.5 Å². The normalized spacial score (nSPS) is 10.5. The molecule has 0 unspecified atom stereocenters. The molecule has 0 atom stereocenters. The fraction of sp³-hybridized carbons (Fsp3) is 0.278. The van der Waals surface area contributed by atoms with Crippen LogP contribution in [-0.2, 0) is 0 Å². The van der Waals surface area contributed by atoms with Crippen LogP contribution in [0.5, 0.6) is 0 Å². The molecule has 22 heavy (non-hydrogen) atoms. The van der Waals surface area contributed by atoms with Gasteiger partial charge in [-0.05, 0) is 54.8 Å². The van der Waals surface area contributed by atoms with Crippen LogP contribution in [0.2, 0.25) is 5.02 Å². The summed E-state index contributed by atoms with van der Waals surface area (Å²) in [5.74, 6) is 0.520. The quantitative estimate of drug-likeness (QED) is 0.783. The predicted molar refractivity (Wildman–Crippen MR) is 93.8 cm³/mol.